The first-order valence-electron chi connectivity index (χ1n) is 8.81. The normalized spacial score (nSPS) is 15.1. The average Bonchev–Trinajstić information content (AvgIpc) is 3.03. The molecule has 1 aliphatic heterocycles. The van der Waals surface area contributed by atoms with Crippen LogP contribution in [0.5, 0.6) is 0 Å². The summed E-state index contributed by atoms with van der Waals surface area (Å²) in [4.78, 5) is 26.8. The van der Waals surface area contributed by atoms with E-state index in [2.05, 4.69) is 10.5 Å². The number of nitrogens with zero attached hydrogens (tertiary/aromatic N) is 2. The molecule has 0 unspecified atom stereocenters. The number of carbonyl (C=O) groups excluding carboxylic acids is 2. The minimum Gasteiger partial charge on any atom is -0.360 e. The number of hydrogen-bond acceptors (Lipinski definition) is 4. The van der Waals surface area contributed by atoms with Crippen molar-refractivity contribution in [3.63, 3.8) is 0 Å². The Bertz CT molecular complexity index is 810. The van der Waals surface area contributed by atoms with Crippen molar-refractivity contribution in [3.05, 3.63) is 40.6 Å². The van der Waals surface area contributed by atoms with Crippen LogP contribution in [0.1, 0.15) is 35.9 Å². The molecule has 1 aliphatic rings. The van der Waals surface area contributed by atoms with Crippen molar-refractivity contribution in [2.45, 2.75) is 26.7 Å². The topological polar surface area (TPSA) is 75.4 Å². The molecule has 0 radical (unpaired) electrons. The summed E-state index contributed by atoms with van der Waals surface area (Å²) in [5.41, 5.74) is 1.57. The Kier molecular flexibility index (Phi) is 5.61. The first kappa shape index (κ1) is 18.5. The lowest BCUT2D eigenvalue weighted by molar-refractivity contribution is -0.126. The Hall–Kier alpha value is -2.34. The van der Waals surface area contributed by atoms with E-state index in [-0.39, 0.29) is 17.7 Å². The zero-order valence-corrected chi connectivity index (χ0v) is 15.7. The third kappa shape index (κ3) is 3.60. The summed E-state index contributed by atoms with van der Waals surface area (Å²) >= 11 is 6.26. The number of aromatic nitrogens is 1. The Morgan fingerprint density at radius 2 is 2.00 bits per heavy atom. The van der Waals surface area contributed by atoms with Crippen molar-refractivity contribution >= 4 is 23.4 Å². The predicted octanol–water partition coefficient (Wildman–Crippen LogP) is 3.29. The molecule has 1 saturated heterocycles. The fourth-order valence-corrected chi connectivity index (χ4v) is 3.51. The zero-order chi connectivity index (χ0) is 18.7. The summed E-state index contributed by atoms with van der Waals surface area (Å²) in [5, 5.41) is 7.43. The van der Waals surface area contributed by atoms with Gasteiger partial charge < -0.3 is 14.7 Å². The molecule has 0 saturated carbocycles. The number of aryl methyl sites for hydroxylation is 1. The maximum absolute atomic E-state index is 13.1. The van der Waals surface area contributed by atoms with Gasteiger partial charge in [-0.05, 0) is 32.8 Å². The molecular formula is C19H22ClN3O3. The Balaban J connectivity index is 1.79. The third-order valence-electron chi connectivity index (χ3n) is 4.71. The molecule has 138 valence electrons. The maximum Gasteiger partial charge on any atom is 0.259 e. The van der Waals surface area contributed by atoms with Crippen molar-refractivity contribution in [2.75, 3.05) is 19.6 Å². The van der Waals surface area contributed by atoms with E-state index >= 15 is 0 Å². The van der Waals surface area contributed by atoms with Crippen LogP contribution in [-0.2, 0) is 4.79 Å². The first-order valence-corrected chi connectivity index (χ1v) is 9.18. The number of carbonyl (C=O) groups is 2. The van der Waals surface area contributed by atoms with Gasteiger partial charge in [-0.25, -0.2) is 0 Å². The van der Waals surface area contributed by atoms with Crippen LogP contribution < -0.4 is 5.32 Å². The molecule has 0 atom stereocenters. The summed E-state index contributed by atoms with van der Waals surface area (Å²) in [5.74, 6) is 0.368. The molecule has 1 aromatic carbocycles. The standard InChI is InChI=1S/C19H22ClN3O3/c1-3-21-18(24)13-8-10-23(11-9-13)19(25)16-12(2)26-22-17(16)14-6-4-5-7-15(14)20/h4-7,13H,3,8-11H2,1-2H3,(H,21,24). The lowest BCUT2D eigenvalue weighted by atomic mass is 9.95. The van der Waals surface area contributed by atoms with Gasteiger partial charge in [0.15, 0.2) is 0 Å². The lowest BCUT2D eigenvalue weighted by Gasteiger charge is -2.31. The number of nitrogens with one attached hydrogen (secondary N) is 1. The van der Waals surface area contributed by atoms with Crippen molar-refractivity contribution < 1.29 is 14.1 Å². The molecule has 1 fully saturated rings. The van der Waals surface area contributed by atoms with E-state index in [0.717, 1.165) is 0 Å². The second-order valence-corrected chi connectivity index (χ2v) is 6.81. The number of hydrogen-bond donors (Lipinski definition) is 1. The van der Waals surface area contributed by atoms with Gasteiger partial charge in [0, 0.05) is 31.1 Å². The van der Waals surface area contributed by atoms with Gasteiger partial charge in [0.25, 0.3) is 5.91 Å². The number of piperidine rings is 1. The van der Waals surface area contributed by atoms with E-state index in [1.165, 1.54) is 0 Å². The van der Waals surface area contributed by atoms with Crippen LogP contribution in [0, 0.1) is 12.8 Å². The second-order valence-electron chi connectivity index (χ2n) is 6.40. The smallest absolute Gasteiger partial charge is 0.259 e. The highest BCUT2D eigenvalue weighted by Crippen LogP contribution is 2.32. The van der Waals surface area contributed by atoms with Crippen LogP contribution in [0.2, 0.25) is 5.02 Å². The Morgan fingerprint density at radius 3 is 2.65 bits per heavy atom. The van der Waals surface area contributed by atoms with Gasteiger partial charge in [-0.3, -0.25) is 9.59 Å². The fraction of sp³-hybridized carbons (Fsp3) is 0.421. The minimum atomic E-state index is -0.131. The number of rotatable bonds is 4. The third-order valence-corrected chi connectivity index (χ3v) is 5.04. The van der Waals surface area contributed by atoms with E-state index in [4.69, 9.17) is 16.1 Å². The van der Waals surface area contributed by atoms with Crippen molar-refractivity contribution in [1.82, 2.24) is 15.4 Å². The van der Waals surface area contributed by atoms with Gasteiger partial charge in [0.05, 0.1) is 5.02 Å². The zero-order valence-electron chi connectivity index (χ0n) is 14.9. The van der Waals surface area contributed by atoms with E-state index in [1.807, 2.05) is 25.1 Å². The molecule has 26 heavy (non-hydrogen) atoms. The van der Waals surface area contributed by atoms with Crippen LogP contribution in [0.4, 0.5) is 0 Å². The van der Waals surface area contributed by atoms with Crippen LogP contribution in [0.15, 0.2) is 28.8 Å². The molecule has 3 rings (SSSR count). The lowest BCUT2D eigenvalue weighted by Crippen LogP contribution is -2.43. The fourth-order valence-electron chi connectivity index (χ4n) is 3.28. The minimum absolute atomic E-state index is 0.0365. The second kappa shape index (κ2) is 7.91. The molecule has 2 amide bonds. The molecule has 7 heteroatoms. The van der Waals surface area contributed by atoms with Crippen molar-refractivity contribution in [2.24, 2.45) is 5.92 Å². The molecule has 1 aromatic heterocycles. The average molecular weight is 376 g/mol. The van der Waals surface area contributed by atoms with Crippen LogP contribution >= 0.6 is 11.6 Å². The highest BCUT2D eigenvalue weighted by atomic mass is 35.5. The summed E-state index contributed by atoms with van der Waals surface area (Å²) in [7, 11) is 0. The quantitative estimate of drug-likeness (QED) is 0.889. The van der Waals surface area contributed by atoms with E-state index < -0.39 is 0 Å². The molecule has 2 aromatic rings. The maximum atomic E-state index is 13.1. The van der Waals surface area contributed by atoms with Gasteiger partial charge in [-0.15, -0.1) is 0 Å². The number of amides is 2. The molecule has 6 nitrogen and oxygen atoms in total. The molecule has 2 heterocycles. The summed E-state index contributed by atoms with van der Waals surface area (Å²) in [6, 6.07) is 7.24. The predicted molar refractivity (Wildman–Crippen MR) is 99.0 cm³/mol. The van der Waals surface area contributed by atoms with Crippen molar-refractivity contribution in [1.29, 1.82) is 0 Å². The van der Waals surface area contributed by atoms with E-state index in [1.54, 1.807) is 17.9 Å². The van der Waals surface area contributed by atoms with E-state index in [0.29, 0.717) is 60.1 Å². The summed E-state index contributed by atoms with van der Waals surface area (Å²) in [6.07, 6.45) is 1.31. The number of benzene rings is 1. The number of halogens is 1. The first-order chi connectivity index (χ1) is 12.5. The highest BCUT2D eigenvalue weighted by Gasteiger charge is 2.31. The van der Waals surface area contributed by atoms with Gasteiger partial charge in [-0.1, -0.05) is 35.0 Å². The monoisotopic (exact) mass is 375 g/mol. The van der Waals surface area contributed by atoms with Gasteiger partial charge in [0.1, 0.15) is 17.0 Å². The van der Waals surface area contributed by atoms with Gasteiger partial charge >= 0.3 is 0 Å². The molecule has 0 aliphatic carbocycles. The molecular weight excluding hydrogens is 354 g/mol. The number of likely N-dealkylation sites (tertiary alicyclic amines) is 1. The highest BCUT2D eigenvalue weighted by molar-refractivity contribution is 6.33. The summed E-state index contributed by atoms with van der Waals surface area (Å²) < 4.78 is 5.29. The Labute approximate surface area is 157 Å². The van der Waals surface area contributed by atoms with Crippen LogP contribution in [0.25, 0.3) is 11.3 Å². The molecule has 0 spiro atoms. The SMILES string of the molecule is CCNC(=O)C1CCN(C(=O)c2c(-c3ccccc3Cl)noc2C)CC1. The summed E-state index contributed by atoms with van der Waals surface area (Å²) in [6.45, 7) is 5.32. The molecule has 0 bridgehead atoms. The van der Waals surface area contributed by atoms with Gasteiger partial charge in [0.2, 0.25) is 5.91 Å². The Morgan fingerprint density at radius 1 is 1.31 bits per heavy atom. The van der Waals surface area contributed by atoms with Crippen molar-refractivity contribution in [3.8, 4) is 11.3 Å². The largest absolute Gasteiger partial charge is 0.360 e. The van der Waals surface area contributed by atoms with Crippen LogP contribution in [0.3, 0.4) is 0 Å². The molecule has 1 N–H and O–H groups in total. The van der Waals surface area contributed by atoms with E-state index in [9.17, 15) is 9.59 Å². The van der Waals surface area contributed by atoms with Crippen LogP contribution in [-0.4, -0.2) is 41.5 Å². The van der Waals surface area contributed by atoms with Gasteiger partial charge in [-0.2, -0.15) is 0 Å².